The minimum atomic E-state index is -1.02. The predicted octanol–water partition coefficient (Wildman–Crippen LogP) is 1.55. The van der Waals surface area contributed by atoms with Gasteiger partial charge in [-0.1, -0.05) is 11.6 Å². The molecule has 0 aromatic carbocycles. The number of amides is 1. The van der Waals surface area contributed by atoms with Crippen molar-refractivity contribution in [3.8, 4) is 0 Å². The maximum absolute atomic E-state index is 11.9. The van der Waals surface area contributed by atoms with Crippen molar-refractivity contribution in [1.82, 2.24) is 4.98 Å². The highest BCUT2D eigenvalue weighted by Gasteiger charge is 2.19. The number of pyridine rings is 2. The first kappa shape index (κ1) is 15.7. The summed E-state index contributed by atoms with van der Waals surface area (Å²) < 4.78 is 5.56. The van der Waals surface area contributed by atoms with Crippen LogP contribution in [0.3, 0.4) is 0 Å². The van der Waals surface area contributed by atoms with Gasteiger partial charge in [0.1, 0.15) is 5.82 Å². The van der Waals surface area contributed by atoms with Gasteiger partial charge in [0.25, 0.3) is 5.91 Å². The van der Waals surface area contributed by atoms with Crippen molar-refractivity contribution in [2.75, 3.05) is 5.32 Å². The van der Waals surface area contributed by atoms with Crippen LogP contribution in [-0.4, -0.2) is 23.0 Å². The molecule has 0 spiro atoms. The number of hydrogen-bond acceptors (Lipinski definition) is 5. The summed E-state index contributed by atoms with van der Waals surface area (Å²) in [6, 6.07) is 5.71. The van der Waals surface area contributed by atoms with E-state index in [1.165, 1.54) is 43.7 Å². The lowest BCUT2D eigenvalue weighted by Crippen LogP contribution is -2.31. The number of nitrogens with one attached hydrogen (secondary N) is 1. The summed E-state index contributed by atoms with van der Waals surface area (Å²) in [5.74, 6) is -0.935. The van der Waals surface area contributed by atoms with Crippen LogP contribution in [0.1, 0.15) is 17.3 Å². The molecule has 2 rings (SSSR count). The summed E-state index contributed by atoms with van der Waals surface area (Å²) in [7, 11) is 0. The normalized spacial score (nSPS) is 11.5. The summed E-state index contributed by atoms with van der Waals surface area (Å²) in [5, 5.41) is 13.8. The molecule has 2 aromatic heterocycles. The van der Waals surface area contributed by atoms with Crippen LogP contribution in [0, 0.1) is 5.21 Å². The van der Waals surface area contributed by atoms with Gasteiger partial charge in [0.2, 0.25) is 0 Å². The number of nitrogens with zero attached hydrogens (tertiary/aromatic N) is 2. The van der Waals surface area contributed by atoms with Crippen LogP contribution in [0.2, 0.25) is 5.02 Å². The van der Waals surface area contributed by atoms with E-state index in [1.807, 2.05) is 0 Å². The van der Waals surface area contributed by atoms with Gasteiger partial charge in [0.15, 0.2) is 18.5 Å². The van der Waals surface area contributed by atoms with Gasteiger partial charge in [-0.05, 0) is 19.1 Å². The Labute approximate surface area is 131 Å². The van der Waals surface area contributed by atoms with Crippen LogP contribution in [0.4, 0.5) is 5.82 Å². The fourth-order valence-corrected chi connectivity index (χ4v) is 1.62. The summed E-state index contributed by atoms with van der Waals surface area (Å²) in [5.41, 5.74) is 0.177. The zero-order valence-corrected chi connectivity index (χ0v) is 12.3. The number of halogens is 1. The van der Waals surface area contributed by atoms with E-state index in [-0.39, 0.29) is 5.56 Å². The Bertz CT molecular complexity index is 673. The fourth-order valence-electron chi connectivity index (χ4n) is 1.51. The van der Waals surface area contributed by atoms with Crippen molar-refractivity contribution in [3.63, 3.8) is 0 Å². The Hall–Kier alpha value is -2.67. The van der Waals surface area contributed by atoms with E-state index < -0.39 is 18.0 Å². The van der Waals surface area contributed by atoms with Gasteiger partial charge in [0, 0.05) is 18.3 Å². The third-order valence-corrected chi connectivity index (χ3v) is 2.89. The molecule has 2 heterocycles. The lowest BCUT2D eigenvalue weighted by Gasteiger charge is -2.13. The highest BCUT2D eigenvalue weighted by atomic mass is 35.5. The van der Waals surface area contributed by atoms with Crippen molar-refractivity contribution >= 4 is 29.3 Å². The lowest BCUT2D eigenvalue weighted by atomic mass is 10.2. The molecule has 0 bridgehead atoms. The summed E-state index contributed by atoms with van der Waals surface area (Å²) >= 11 is 5.69. The Kier molecular flexibility index (Phi) is 4.90. The molecule has 0 saturated heterocycles. The minimum absolute atomic E-state index is 0.177. The van der Waals surface area contributed by atoms with Crippen molar-refractivity contribution in [2.24, 2.45) is 0 Å². The van der Waals surface area contributed by atoms with Crippen LogP contribution in [0.5, 0.6) is 0 Å². The van der Waals surface area contributed by atoms with Crippen LogP contribution < -0.4 is 10.0 Å². The van der Waals surface area contributed by atoms with Crippen LogP contribution in [-0.2, 0) is 9.53 Å². The van der Waals surface area contributed by atoms with Crippen LogP contribution in [0.25, 0.3) is 0 Å². The lowest BCUT2D eigenvalue weighted by molar-refractivity contribution is -0.605. The Balaban J connectivity index is 1.94. The van der Waals surface area contributed by atoms with Gasteiger partial charge in [-0.3, -0.25) is 4.79 Å². The number of esters is 1. The predicted molar refractivity (Wildman–Crippen MR) is 78.2 cm³/mol. The molecule has 1 N–H and O–H groups in total. The van der Waals surface area contributed by atoms with E-state index in [0.717, 1.165) is 0 Å². The average molecular weight is 322 g/mol. The standard InChI is InChI=1S/C14H12ClN3O4/c1-9(13(19)17-12-3-2-11(15)8-16-12)22-14(20)10-4-6-18(21)7-5-10/h2-9H,1H3,(H,16,17,19)/t9-/m0/s1. The largest absolute Gasteiger partial charge is 0.619 e. The average Bonchev–Trinajstić information content (AvgIpc) is 2.50. The van der Waals surface area contributed by atoms with E-state index in [9.17, 15) is 14.8 Å². The molecule has 0 fully saturated rings. The third kappa shape index (κ3) is 4.16. The molecule has 114 valence electrons. The van der Waals surface area contributed by atoms with E-state index in [1.54, 1.807) is 6.07 Å². The van der Waals surface area contributed by atoms with E-state index in [2.05, 4.69) is 10.3 Å². The second kappa shape index (κ2) is 6.86. The van der Waals surface area contributed by atoms with Crippen molar-refractivity contribution in [3.05, 3.63) is 58.6 Å². The smallest absolute Gasteiger partial charge is 0.339 e. The molecule has 2 aromatic rings. The quantitative estimate of drug-likeness (QED) is 0.523. The second-order valence-corrected chi connectivity index (χ2v) is 4.78. The van der Waals surface area contributed by atoms with Crippen LogP contribution in [0.15, 0.2) is 42.9 Å². The highest BCUT2D eigenvalue weighted by Crippen LogP contribution is 2.10. The number of ether oxygens (including phenoxy) is 1. The van der Waals surface area contributed by atoms with Gasteiger partial charge < -0.3 is 15.3 Å². The molecule has 0 aliphatic heterocycles. The monoisotopic (exact) mass is 321 g/mol. The Morgan fingerprint density at radius 2 is 2.00 bits per heavy atom. The molecule has 0 saturated carbocycles. The third-order valence-electron chi connectivity index (χ3n) is 2.67. The first-order chi connectivity index (χ1) is 10.5. The van der Waals surface area contributed by atoms with Gasteiger partial charge in [-0.25, -0.2) is 9.78 Å². The first-order valence-electron chi connectivity index (χ1n) is 6.28. The summed E-state index contributed by atoms with van der Waals surface area (Å²) in [4.78, 5) is 27.6. The zero-order chi connectivity index (χ0) is 16.1. The van der Waals surface area contributed by atoms with Gasteiger partial charge in [-0.15, -0.1) is 0 Å². The molecule has 0 radical (unpaired) electrons. The highest BCUT2D eigenvalue weighted by molar-refractivity contribution is 6.30. The summed E-state index contributed by atoms with van der Waals surface area (Å²) in [6.07, 6.45) is 2.69. The van der Waals surface area contributed by atoms with E-state index in [4.69, 9.17) is 16.3 Å². The molecular weight excluding hydrogens is 310 g/mol. The Morgan fingerprint density at radius 3 is 2.59 bits per heavy atom. The fraction of sp³-hybridized carbons (Fsp3) is 0.143. The Morgan fingerprint density at radius 1 is 1.32 bits per heavy atom. The van der Waals surface area contributed by atoms with Crippen molar-refractivity contribution in [1.29, 1.82) is 0 Å². The molecular formula is C14H12ClN3O4. The minimum Gasteiger partial charge on any atom is -0.619 e. The number of carbonyl (C=O) groups is 2. The molecule has 7 nitrogen and oxygen atoms in total. The van der Waals surface area contributed by atoms with E-state index in [0.29, 0.717) is 15.6 Å². The molecule has 0 aliphatic carbocycles. The SMILES string of the molecule is C[C@H](OC(=O)c1cc[n+]([O-])cc1)C(=O)Nc1ccc(Cl)cn1. The topological polar surface area (TPSA) is 95.2 Å². The van der Waals surface area contributed by atoms with Crippen molar-refractivity contribution < 1.29 is 19.1 Å². The molecule has 22 heavy (non-hydrogen) atoms. The second-order valence-electron chi connectivity index (χ2n) is 4.35. The molecule has 0 aliphatic rings. The number of rotatable bonds is 4. The maximum Gasteiger partial charge on any atom is 0.339 e. The number of hydrogen-bond donors (Lipinski definition) is 1. The van der Waals surface area contributed by atoms with Gasteiger partial charge in [0.05, 0.1) is 10.6 Å². The van der Waals surface area contributed by atoms with Crippen molar-refractivity contribution in [2.45, 2.75) is 13.0 Å². The molecule has 1 atom stereocenters. The molecule has 1 amide bonds. The van der Waals surface area contributed by atoms with Gasteiger partial charge >= 0.3 is 5.97 Å². The maximum atomic E-state index is 11.9. The van der Waals surface area contributed by atoms with Crippen LogP contribution >= 0.6 is 11.6 Å². The molecule has 8 heteroatoms. The molecule has 0 unspecified atom stereocenters. The van der Waals surface area contributed by atoms with E-state index >= 15 is 0 Å². The van der Waals surface area contributed by atoms with Gasteiger partial charge in [-0.2, -0.15) is 4.73 Å². The number of anilines is 1. The number of carbonyl (C=O) groups excluding carboxylic acids is 2. The first-order valence-corrected chi connectivity index (χ1v) is 6.66. The number of aromatic nitrogens is 2. The summed E-state index contributed by atoms with van der Waals surface area (Å²) in [6.45, 7) is 1.43. The zero-order valence-electron chi connectivity index (χ0n) is 11.5.